The van der Waals surface area contributed by atoms with E-state index in [0.717, 1.165) is 29.4 Å². The molecule has 4 nitrogen and oxygen atoms in total. The zero-order valence-corrected chi connectivity index (χ0v) is 17.9. The molecule has 0 spiro atoms. The Hall–Kier alpha value is -2.69. The lowest BCUT2D eigenvalue weighted by molar-refractivity contribution is 0.0746. The minimum atomic E-state index is 0.0402. The van der Waals surface area contributed by atoms with Crippen molar-refractivity contribution >= 4 is 34.8 Å². The Morgan fingerprint density at radius 1 is 0.867 bits per heavy atom. The molecule has 30 heavy (non-hydrogen) atoms. The van der Waals surface area contributed by atoms with Crippen molar-refractivity contribution in [2.45, 2.75) is 6.61 Å². The second-order valence-corrected chi connectivity index (χ2v) is 8.01. The quantitative estimate of drug-likeness (QED) is 0.522. The van der Waals surface area contributed by atoms with Gasteiger partial charge in [0.25, 0.3) is 5.91 Å². The van der Waals surface area contributed by atoms with Crippen LogP contribution in [0.4, 0.5) is 5.69 Å². The summed E-state index contributed by atoms with van der Waals surface area (Å²) in [6.07, 6.45) is 0. The first-order chi connectivity index (χ1) is 14.6. The van der Waals surface area contributed by atoms with Crippen molar-refractivity contribution in [3.8, 4) is 5.75 Å². The Morgan fingerprint density at radius 2 is 1.60 bits per heavy atom. The van der Waals surface area contributed by atoms with E-state index in [-0.39, 0.29) is 5.91 Å². The van der Waals surface area contributed by atoms with Crippen molar-refractivity contribution in [3.05, 3.63) is 94.0 Å². The van der Waals surface area contributed by atoms with Gasteiger partial charge in [0.2, 0.25) is 0 Å². The van der Waals surface area contributed by atoms with Crippen LogP contribution in [0.15, 0.2) is 72.8 Å². The van der Waals surface area contributed by atoms with Crippen molar-refractivity contribution in [1.29, 1.82) is 0 Å². The van der Waals surface area contributed by atoms with Gasteiger partial charge >= 0.3 is 0 Å². The molecule has 1 saturated heterocycles. The third-order valence-electron chi connectivity index (χ3n) is 5.19. The Morgan fingerprint density at radius 3 is 2.30 bits per heavy atom. The average Bonchev–Trinajstić information content (AvgIpc) is 2.78. The van der Waals surface area contributed by atoms with Gasteiger partial charge in [-0.2, -0.15) is 0 Å². The standard InChI is InChI=1S/C24H22Cl2N2O2/c25-20-5-3-6-21(16-20)27-12-14-28(15-13-27)24(29)18-8-10-22(11-9-18)30-17-19-4-1-2-7-23(19)26/h1-11,16H,12-15,17H2. The highest BCUT2D eigenvalue weighted by molar-refractivity contribution is 6.31. The molecule has 6 heteroatoms. The molecule has 154 valence electrons. The molecular weight excluding hydrogens is 419 g/mol. The molecule has 0 radical (unpaired) electrons. The lowest BCUT2D eigenvalue weighted by Gasteiger charge is -2.36. The largest absolute Gasteiger partial charge is 0.489 e. The van der Waals surface area contributed by atoms with Crippen LogP contribution in [0.3, 0.4) is 0 Å². The minimum Gasteiger partial charge on any atom is -0.489 e. The molecule has 1 aliphatic rings. The number of hydrogen-bond donors (Lipinski definition) is 0. The van der Waals surface area contributed by atoms with Gasteiger partial charge in [0.15, 0.2) is 0 Å². The van der Waals surface area contributed by atoms with Crippen molar-refractivity contribution in [2.24, 2.45) is 0 Å². The molecule has 0 aromatic heterocycles. The predicted molar refractivity (Wildman–Crippen MR) is 122 cm³/mol. The van der Waals surface area contributed by atoms with E-state index in [1.54, 1.807) is 0 Å². The van der Waals surface area contributed by atoms with E-state index >= 15 is 0 Å². The van der Waals surface area contributed by atoms with E-state index in [1.807, 2.05) is 77.7 Å². The van der Waals surface area contributed by atoms with Gasteiger partial charge in [0, 0.05) is 53.0 Å². The fourth-order valence-electron chi connectivity index (χ4n) is 3.49. The second-order valence-electron chi connectivity index (χ2n) is 7.16. The molecule has 4 rings (SSSR count). The first-order valence-electron chi connectivity index (χ1n) is 9.86. The molecule has 0 aliphatic carbocycles. The zero-order chi connectivity index (χ0) is 20.9. The van der Waals surface area contributed by atoms with E-state index in [9.17, 15) is 4.79 Å². The van der Waals surface area contributed by atoms with Crippen molar-refractivity contribution in [2.75, 3.05) is 31.1 Å². The lowest BCUT2D eigenvalue weighted by atomic mass is 10.1. The maximum atomic E-state index is 12.9. The molecule has 0 atom stereocenters. The van der Waals surface area contributed by atoms with Crippen LogP contribution in [0, 0.1) is 0 Å². The number of carbonyl (C=O) groups excluding carboxylic acids is 1. The summed E-state index contributed by atoms with van der Waals surface area (Å²) in [7, 11) is 0. The van der Waals surface area contributed by atoms with Gasteiger partial charge in [0.1, 0.15) is 12.4 Å². The highest BCUT2D eigenvalue weighted by Gasteiger charge is 2.22. The molecule has 3 aromatic rings. The second kappa shape index (κ2) is 9.41. The first kappa shape index (κ1) is 20.6. The van der Waals surface area contributed by atoms with Gasteiger partial charge in [-0.15, -0.1) is 0 Å². The zero-order valence-electron chi connectivity index (χ0n) is 16.4. The summed E-state index contributed by atoms with van der Waals surface area (Å²) >= 11 is 12.3. The normalized spacial score (nSPS) is 13.9. The van der Waals surface area contributed by atoms with E-state index < -0.39 is 0 Å². The van der Waals surface area contributed by atoms with Gasteiger partial charge in [0.05, 0.1) is 0 Å². The summed E-state index contributed by atoms with van der Waals surface area (Å²) in [5, 5.41) is 1.41. The first-order valence-corrected chi connectivity index (χ1v) is 10.6. The molecular formula is C24H22Cl2N2O2. The van der Waals surface area contributed by atoms with E-state index in [4.69, 9.17) is 27.9 Å². The van der Waals surface area contributed by atoms with Crippen LogP contribution in [-0.4, -0.2) is 37.0 Å². The molecule has 1 amide bonds. The monoisotopic (exact) mass is 440 g/mol. The number of piperazine rings is 1. The number of amides is 1. The summed E-state index contributed by atoms with van der Waals surface area (Å²) in [6, 6.07) is 22.7. The van der Waals surface area contributed by atoms with Crippen molar-refractivity contribution in [3.63, 3.8) is 0 Å². The summed E-state index contributed by atoms with van der Waals surface area (Å²) in [6.45, 7) is 3.31. The average molecular weight is 441 g/mol. The molecule has 0 saturated carbocycles. The van der Waals surface area contributed by atoms with Gasteiger partial charge in [-0.1, -0.05) is 47.5 Å². The Labute approximate surface area is 186 Å². The maximum Gasteiger partial charge on any atom is 0.253 e. The number of anilines is 1. The van der Waals surface area contributed by atoms with Crippen LogP contribution in [-0.2, 0) is 6.61 Å². The number of hydrogen-bond acceptors (Lipinski definition) is 3. The van der Waals surface area contributed by atoms with E-state index in [2.05, 4.69) is 4.90 Å². The topological polar surface area (TPSA) is 32.8 Å². The highest BCUT2D eigenvalue weighted by Crippen LogP contribution is 2.22. The van der Waals surface area contributed by atoms with Gasteiger partial charge in [-0.3, -0.25) is 4.79 Å². The van der Waals surface area contributed by atoms with Gasteiger partial charge in [-0.05, 0) is 48.5 Å². The SMILES string of the molecule is O=C(c1ccc(OCc2ccccc2Cl)cc1)N1CCN(c2cccc(Cl)c2)CC1. The number of benzene rings is 3. The smallest absolute Gasteiger partial charge is 0.253 e. The fourth-order valence-corrected chi connectivity index (χ4v) is 3.87. The number of carbonyl (C=O) groups is 1. The molecule has 0 bridgehead atoms. The van der Waals surface area contributed by atoms with Crippen molar-refractivity contribution < 1.29 is 9.53 Å². The van der Waals surface area contributed by atoms with E-state index in [0.29, 0.717) is 36.0 Å². The molecule has 1 fully saturated rings. The van der Waals surface area contributed by atoms with Crippen LogP contribution in [0.1, 0.15) is 15.9 Å². The van der Waals surface area contributed by atoms with Gasteiger partial charge in [-0.25, -0.2) is 0 Å². The van der Waals surface area contributed by atoms with Crippen LogP contribution in [0.25, 0.3) is 0 Å². The minimum absolute atomic E-state index is 0.0402. The molecule has 1 heterocycles. The predicted octanol–water partition coefficient (Wildman–Crippen LogP) is 5.53. The summed E-state index contributed by atoms with van der Waals surface area (Å²) in [5.74, 6) is 0.746. The molecule has 0 unspecified atom stereocenters. The van der Waals surface area contributed by atoms with Crippen LogP contribution >= 0.6 is 23.2 Å². The van der Waals surface area contributed by atoms with Gasteiger partial charge < -0.3 is 14.5 Å². The third kappa shape index (κ3) is 4.89. The maximum absolute atomic E-state index is 12.9. The molecule has 1 aliphatic heterocycles. The van der Waals surface area contributed by atoms with Crippen molar-refractivity contribution in [1.82, 2.24) is 4.90 Å². The number of halogens is 2. The number of ether oxygens (including phenoxy) is 1. The Balaban J connectivity index is 1.32. The lowest BCUT2D eigenvalue weighted by Crippen LogP contribution is -2.48. The van der Waals surface area contributed by atoms with Crippen LogP contribution in [0.2, 0.25) is 10.0 Å². The Kier molecular flexibility index (Phi) is 6.46. The van der Waals surface area contributed by atoms with Crippen LogP contribution in [0.5, 0.6) is 5.75 Å². The number of nitrogens with zero attached hydrogens (tertiary/aromatic N) is 2. The van der Waals surface area contributed by atoms with Crippen LogP contribution < -0.4 is 9.64 Å². The number of rotatable bonds is 5. The summed E-state index contributed by atoms with van der Waals surface area (Å²) in [5.41, 5.74) is 2.68. The highest BCUT2D eigenvalue weighted by atomic mass is 35.5. The fraction of sp³-hybridized carbons (Fsp3) is 0.208. The van der Waals surface area contributed by atoms with E-state index in [1.165, 1.54) is 0 Å². The molecule has 3 aromatic carbocycles. The Bertz CT molecular complexity index is 1020. The molecule has 0 N–H and O–H groups in total. The third-order valence-corrected chi connectivity index (χ3v) is 5.80. The summed E-state index contributed by atoms with van der Waals surface area (Å²) < 4.78 is 5.80. The summed E-state index contributed by atoms with van der Waals surface area (Å²) in [4.78, 5) is 17.0.